The number of ether oxygens (including phenoxy) is 3. The van der Waals surface area contributed by atoms with Gasteiger partial charge >= 0.3 is 18.1 Å². The molecule has 0 aromatic heterocycles. The average molecular weight is 595 g/mol. The molecule has 3 aromatic rings. The molecule has 2 N–H and O–H groups in total. The smallest absolute Gasteiger partial charge is 0.416 e. The van der Waals surface area contributed by atoms with E-state index in [-0.39, 0.29) is 34.2 Å². The van der Waals surface area contributed by atoms with E-state index in [1.165, 1.54) is 6.07 Å². The molecule has 0 saturated heterocycles. The first-order chi connectivity index (χ1) is 20.4. The van der Waals surface area contributed by atoms with Crippen LogP contribution in [0.5, 0.6) is 11.5 Å². The number of alkyl halides is 3. The molecule has 11 nitrogen and oxygen atoms in total. The van der Waals surface area contributed by atoms with Crippen molar-refractivity contribution in [2.75, 3.05) is 19.1 Å². The second-order valence-corrected chi connectivity index (χ2v) is 8.91. The maximum absolute atomic E-state index is 13.3. The summed E-state index contributed by atoms with van der Waals surface area (Å²) in [4.78, 5) is 38.4. The molecule has 0 fully saturated rings. The molecular formula is C29H21F3N4O7. The van der Waals surface area contributed by atoms with E-state index in [1.54, 1.807) is 30.3 Å². The van der Waals surface area contributed by atoms with Crippen molar-refractivity contribution in [2.24, 2.45) is 5.73 Å². The van der Waals surface area contributed by atoms with Gasteiger partial charge in [0.25, 0.3) is 5.69 Å². The van der Waals surface area contributed by atoms with E-state index in [1.807, 2.05) is 6.07 Å². The van der Waals surface area contributed by atoms with E-state index >= 15 is 0 Å². The summed E-state index contributed by atoms with van der Waals surface area (Å²) < 4.78 is 55.2. The number of halogens is 3. The first kappa shape index (κ1) is 30.1. The molecule has 43 heavy (non-hydrogen) atoms. The zero-order valence-electron chi connectivity index (χ0n) is 22.4. The number of nitrogens with two attached hydrogens (primary N) is 1. The van der Waals surface area contributed by atoms with E-state index in [9.17, 15) is 38.1 Å². The van der Waals surface area contributed by atoms with Gasteiger partial charge in [-0.2, -0.15) is 18.4 Å². The van der Waals surface area contributed by atoms with Crippen molar-refractivity contribution in [3.63, 3.8) is 0 Å². The van der Waals surface area contributed by atoms with Gasteiger partial charge in [0, 0.05) is 12.1 Å². The van der Waals surface area contributed by atoms with Gasteiger partial charge in [0.05, 0.1) is 59.6 Å². The number of esters is 2. The minimum Gasteiger partial charge on any atom is -0.466 e. The number of nitro benzene ring substituents is 1. The Bertz CT molecular complexity index is 1710. The third kappa shape index (κ3) is 5.96. The first-order valence-corrected chi connectivity index (χ1v) is 12.2. The van der Waals surface area contributed by atoms with Gasteiger partial charge in [-0.15, -0.1) is 0 Å². The van der Waals surface area contributed by atoms with Gasteiger partial charge in [-0.3, -0.25) is 15.0 Å². The molecule has 1 atom stereocenters. The van der Waals surface area contributed by atoms with Crippen molar-refractivity contribution in [2.45, 2.75) is 12.1 Å². The molecule has 0 amide bonds. The normalized spacial score (nSPS) is 15.1. The number of hydrogen-bond acceptors (Lipinski definition) is 10. The summed E-state index contributed by atoms with van der Waals surface area (Å²) in [5.41, 5.74) is 3.89. The number of allylic oxidation sites excluding steroid dienone is 1. The topological polar surface area (TPSA) is 158 Å². The van der Waals surface area contributed by atoms with Crippen LogP contribution in [0.3, 0.4) is 0 Å². The predicted octanol–water partition coefficient (Wildman–Crippen LogP) is 5.30. The van der Waals surface area contributed by atoms with Crippen molar-refractivity contribution < 1.29 is 41.9 Å². The second kappa shape index (κ2) is 12.0. The predicted molar refractivity (Wildman–Crippen MR) is 144 cm³/mol. The number of anilines is 1. The third-order valence-electron chi connectivity index (χ3n) is 6.35. The van der Waals surface area contributed by atoms with Crippen molar-refractivity contribution in [3.05, 3.63) is 117 Å². The lowest BCUT2D eigenvalue weighted by molar-refractivity contribution is -0.384. The number of benzene rings is 3. The number of methoxy groups -OCH3 is 2. The van der Waals surface area contributed by atoms with Crippen LogP contribution in [-0.4, -0.2) is 31.1 Å². The highest BCUT2D eigenvalue weighted by atomic mass is 19.4. The Balaban J connectivity index is 1.99. The van der Waals surface area contributed by atoms with Crippen molar-refractivity contribution in [1.82, 2.24) is 0 Å². The number of nitro groups is 1. The van der Waals surface area contributed by atoms with Gasteiger partial charge in [0.2, 0.25) is 0 Å². The van der Waals surface area contributed by atoms with Crippen molar-refractivity contribution in [1.29, 1.82) is 5.26 Å². The molecule has 1 aliphatic heterocycles. The standard InChI is InChI=1S/C29H21F3N4O7/c1-41-27(37)24-23(16-7-4-3-5-8-16)22(15-33)26(34)35(25(24)28(38)42-2)18-12-19(36(39)40)14-21(13-18)43-20-10-6-9-17(11-20)29(30,31)32/h3-14,23H,34H2,1-2H3. The number of nitrogens with zero attached hydrogens (tertiary/aromatic N) is 3. The molecule has 1 unspecified atom stereocenters. The van der Waals surface area contributed by atoms with Crippen LogP contribution in [0.25, 0.3) is 0 Å². The summed E-state index contributed by atoms with van der Waals surface area (Å²) in [6, 6.07) is 17.0. The quantitative estimate of drug-likeness (QED) is 0.216. The second-order valence-electron chi connectivity index (χ2n) is 8.91. The van der Waals surface area contributed by atoms with Gasteiger partial charge in [0.1, 0.15) is 23.0 Å². The summed E-state index contributed by atoms with van der Waals surface area (Å²) in [6.07, 6.45) is -4.69. The monoisotopic (exact) mass is 594 g/mol. The summed E-state index contributed by atoms with van der Waals surface area (Å²) in [7, 11) is 2.08. The summed E-state index contributed by atoms with van der Waals surface area (Å²) in [6.45, 7) is 0. The summed E-state index contributed by atoms with van der Waals surface area (Å²) >= 11 is 0. The van der Waals surface area contributed by atoms with Crippen LogP contribution in [0.4, 0.5) is 24.5 Å². The molecule has 0 bridgehead atoms. The van der Waals surface area contributed by atoms with Crippen molar-refractivity contribution in [3.8, 4) is 17.6 Å². The fourth-order valence-electron chi connectivity index (χ4n) is 4.51. The number of carbonyl (C=O) groups excluding carboxylic acids is 2. The van der Waals surface area contributed by atoms with Crippen LogP contribution >= 0.6 is 0 Å². The number of hydrogen-bond donors (Lipinski definition) is 1. The molecule has 0 spiro atoms. The zero-order valence-corrected chi connectivity index (χ0v) is 22.4. The highest BCUT2D eigenvalue weighted by molar-refractivity contribution is 6.06. The van der Waals surface area contributed by atoms with Crippen LogP contribution in [0.2, 0.25) is 0 Å². The van der Waals surface area contributed by atoms with Crippen molar-refractivity contribution >= 4 is 23.3 Å². The first-order valence-electron chi connectivity index (χ1n) is 12.2. The Morgan fingerprint density at radius 2 is 1.65 bits per heavy atom. The van der Waals surface area contributed by atoms with Crippen LogP contribution in [0.15, 0.2) is 95.5 Å². The highest BCUT2D eigenvalue weighted by Crippen LogP contribution is 2.45. The minimum atomic E-state index is -4.69. The van der Waals surface area contributed by atoms with Crippen LogP contribution in [0.1, 0.15) is 17.0 Å². The fraction of sp³-hybridized carbons (Fsp3) is 0.138. The Morgan fingerprint density at radius 1 is 0.977 bits per heavy atom. The molecule has 3 aromatic carbocycles. The Kier molecular flexibility index (Phi) is 8.37. The van der Waals surface area contributed by atoms with Gasteiger partial charge < -0.3 is 19.9 Å². The van der Waals surface area contributed by atoms with Gasteiger partial charge in [-0.25, -0.2) is 9.59 Å². The maximum atomic E-state index is 13.3. The van der Waals surface area contributed by atoms with Gasteiger partial charge in [-0.05, 0) is 23.8 Å². The van der Waals surface area contributed by atoms with Gasteiger partial charge in [0.15, 0.2) is 0 Å². The highest BCUT2D eigenvalue weighted by Gasteiger charge is 2.43. The average Bonchev–Trinajstić information content (AvgIpc) is 2.99. The molecule has 0 radical (unpaired) electrons. The summed E-state index contributed by atoms with van der Waals surface area (Å²) in [5.74, 6) is -4.31. The van der Waals surface area contributed by atoms with Crippen LogP contribution in [0, 0.1) is 21.4 Å². The Morgan fingerprint density at radius 3 is 2.23 bits per heavy atom. The number of nitriles is 1. The minimum absolute atomic E-state index is 0.203. The lowest BCUT2D eigenvalue weighted by Crippen LogP contribution is -2.40. The van der Waals surface area contributed by atoms with E-state index in [4.69, 9.17) is 19.9 Å². The Labute approximate surface area is 241 Å². The van der Waals surface area contributed by atoms with E-state index in [2.05, 4.69) is 0 Å². The van der Waals surface area contributed by atoms with Crippen LogP contribution < -0.4 is 15.4 Å². The molecule has 0 saturated carbocycles. The molecule has 0 aliphatic carbocycles. The van der Waals surface area contributed by atoms with Crippen LogP contribution in [-0.2, 0) is 25.2 Å². The molecule has 4 rings (SSSR count). The fourth-order valence-corrected chi connectivity index (χ4v) is 4.51. The molecule has 14 heteroatoms. The van der Waals surface area contributed by atoms with E-state index in [0.717, 1.165) is 49.5 Å². The maximum Gasteiger partial charge on any atom is 0.416 e. The zero-order chi connectivity index (χ0) is 31.5. The number of non-ortho nitro benzene ring substituents is 1. The number of carbonyl (C=O) groups is 2. The van der Waals surface area contributed by atoms with E-state index < -0.39 is 45.9 Å². The van der Waals surface area contributed by atoms with Gasteiger partial charge in [-0.1, -0.05) is 36.4 Å². The molecular weight excluding hydrogens is 573 g/mol. The summed E-state index contributed by atoms with van der Waals surface area (Å²) in [5, 5.41) is 22.0. The lowest BCUT2D eigenvalue weighted by atomic mass is 9.81. The third-order valence-corrected chi connectivity index (χ3v) is 6.35. The molecule has 1 heterocycles. The molecule has 1 aliphatic rings. The van der Waals surface area contributed by atoms with E-state index in [0.29, 0.717) is 11.6 Å². The largest absolute Gasteiger partial charge is 0.466 e. The SMILES string of the molecule is COC(=O)C1=C(C(=O)OC)N(c2cc(Oc3cccc(C(F)(F)F)c3)cc([N+](=O)[O-])c2)C(N)=C(C#N)C1c1ccccc1. The molecule has 220 valence electrons. The number of rotatable bonds is 7. The Hall–Kier alpha value is -5.84. The lowest BCUT2D eigenvalue weighted by Gasteiger charge is -2.35.